The lowest BCUT2D eigenvalue weighted by Gasteiger charge is -2.66. The van der Waals surface area contributed by atoms with Crippen LogP contribution in [0.3, 0.4) is 0 Å². The monoisotopic (exact) mass is 455 g/mol. The second-order valence-electron chi connectivity index (χ2n) is 12.2. The van der Waals surface area contributed by atoms with Gasteiger partial charge in [-0.1, -0.05) is 6.07 Å². The number of hydrogen-bond donors (Lipinski definition) is 1. The minimum atomic E-state index is 0.0988. The molecule has 2 aliphatic heterocycles. The van der Waals surface area contributed by atoms with Gasteiger partial charge >= 0.3 is 0 Å². The normalized spacial score (nSPS) is 39.6. The van der Waals surface area contributed by atoms with E-state index in [1.54, 1.807) is 12.4 Å². The van der Waals surface area contributed by atoms with Crippen LogP contribution in [0.1, 0.15) is 60.0 Å². The molecule has 2 aromatic rings. The van der Waals surface area contributed by atoms with E-state index in [1.165, 1.54) is 56.3 Å². The lowest BCUT2D eigenvalue weighted by molar-refractivity contribution is -0.102. The lowest BCUT2D eigenvalue weighted by atomic mass is 9.43. The Balaban J connectivity index is 1.25. The molecule has 4 bridgehead atoms. The number of hydrogen-bond acceptors (Lipinski definition) is 4. The van der Waals surface area contributed by atoms with Crippen molar-refractivity contribution < 1.29 is 9.90 Å². The van der Waals surface area contributed by atoms with Crippen LogP contribution in [0.25, 0.3) is 0 Å². The summed E-state index contributed by atoms with van der Waals surface area (Å²) in [5.74, 6) is 2.54. The van der Waals surface area contributed by atoms with Crippen molar-refractivity contribution in [2.45, 2.75) is 62.4 Å². The van der Waals surface area contributed by atoms with Gasteiger partial charge in [0.15, 0.2) is 0 Å². The molecule has 2 saturated heterocycles. The van der Waals surface area contributed by atoms with Crippen molar-refractivity contribution >= 4 is 5.91 Å². The lowest BCUT2D eigenvalue weighted by Crippen LogP contribution is -2.69. The third kappa shape index (κ3) is 2.35. The van der Waals surface area contributed by atoms with Crippen molar-refractivity contribution in [1.29, 1.82) is 0 Å². The maximum Gasteiger partial charge on any atom is 0.255 e. The standard InChI is InChI=1S/C29H33N3O2/c33-22-6-5-19-12-25-28-8-7-24-26(21(14-28)17-32(24)27(34)20-2-1-10-30-15-20)29(28,23(19)13-22)9-11-31(25)16-18-3-4-18/h1-2,5-6,10,13,15,18,21,24-26,33H,3-4,7-9,11-12,14,16-17H2/t21-,24-,25-,26-,28-,29+/m1/s1. The minimum absolute atomic E-state index is 0.0988. The van der Waals surface area contributed by atoms with Crippen molar-refractivity contribution in [3.63, 3.8) is 0 Å². The van der Waals surface area contributed by atoms with E-state index in [0.717, 1.165) is 30.9 Å². The van der Waals surface area contributed by atoms with Crippen LogP contribution in [-0.2, 0) is 11.8 Å². The quantitative estimate of drug-likeness (QED) is 0.760. The van der Waals surface area contributed by atoms with Crippen LogP contribution in [0.15, 0.2) is 42.7 Å². The number of amides is 1. The molecule has 3 saturated carbocycles. The third-order valence-corrected chi connectivity index (χ3v) is 10.9. The first-order chi connectivity index (χ1) is 16.6. The van der Waals surface area contributed by atoms with Gasteiger partial charge in [0.25, 0.3) is 5.91 Å². The summed E-state index contributed by atoms with van der Waals surface area (Å²) in [5.41, 5.74) is 4.01. The van der Waals surface area contributed by atoms with Gasteiger partial charge in [-0.25, -0.2) is 0 Å². The summed E-state index contributed by atoms with van der Waals surface area (Å²) in [6.07, 6.45) is 12.2. The number of fused-ring (bicyclic) bond motifs is 1. The highest BCUT2D eigenvalue weighted by Crippen LogP contribution is 2.75. The summed E-state index contributed by atoms with van der Waals surface area (Å²) < 4.78 is 0. The maximum absolute atomic E-state index is 13.6. The molecule has 6 aliphatic rings. The zero-order chi connectivity index (χ0) is 22.7. The molecule has 1 N–H and O–H groups in total. The van der Waals surface area contributed by atoms with Gasteiger partial charge < -0.3 is 10.0 Å². The Morgan fingerprint density at radius 3 is 2.91 bits per heavy atom. The average Bonchev–Trinajstić information content (AvgIpc) is 3.55. The van der Waals surface area contributed by atoms with E-state index in [9.17, 15) is 9.90 Å². The van der Waals surface area contributed by atoms with E-state index in [2.05, 4.69) is 26.9 Å². The third-order valence-electron chi connectivity index (χ3n) is 10.9. The Bertz CT molecular complexity index is 1180. The first-order valence-corrected chi connectivity index (χ1v) is 13.4. The van der Waals surface area contributed by atoms with E-state index in [1.807, 2.05) is 18.2 Å². The van der Waals surface area contributed by atoms with Crippen LogP contribution in [0, 0.1) is 23.2 Å². The minimum Gasteiger partial charge on any atom is -0.508 e. The van der Waals surface area contributed by atoms with E-state index in [0.29, 0.717) is 35.1 Å². The Labute approximate surface area is 201 Å². The van der Waals surface area contributed by atoms with E-state index >= 15 is 0 Å². The topological polar surface area (TPSA) is 56.7 Å². The van der Waals surface area contributed by atoms with Crippen LogP contribution >= 0.6 is 0 Å². The number of aromatic hydroxyl groups is 1. The molecule has 176 valence electrons. The number of carbonyl (C=O) groups excluding carboxylic acids is 1. The summed E-state index contributed by atoms with van der Waals surface area (Å²) in [5, 5.41) is 10.6. The van der Waals surface area contributed by atoms with Crippen LogP contribution in [-0.4, -0.2) is 57.5 Å². The van der Waals surface area contributed by atoms with E-state index < -0.39 is 0 Å². The predicted octanol–water partition coefficient (Wildman–Crippen LogP) is 4.01. The summed E-state index contributed by atoms with van der Waals surface area (Å²) in [6.45, 7) is 3.33. The molecule has 5 fully saturated rings. The number of carbonyl (C=O) groups is 1. The Kier molecular flexibility index (Phi) is 3.87. The fourth-order valence-corrected chi connectivity index (χ4v) is 9.83. The molecule has 34 heavy (non-hydrogen) atoms. The van der Waals surface area contributed by atoms with Crippen molar-refractivity contribution in [2.75, 3.05) is 19.6 Å². The highest BCUT2D eigenvalue weighted by Gasteiger charge is 2.76. The van der Waals surface area contributed by atoms with Crippen molar-refractivity contribution in [2.24, 2.45) is 23.2 Å². The van der Waals surface area contributed by atoms with Crippen LogP contribution in [0.4, 0.5) is 0 Å². The van der Waals surface area contributed by atoms with Gasteiger partial charge in [0.2, 0.25) is 0 Å². The molecule has 0 spiro atoms. The Hall–Kier alpha value is -2.40. The van der Waals surface area contributed by atoms with Crippen molar-refractivity contribution in [1.82, 2.24) is 14.8 Å². The van der Waals surface area contributed by atoms with Gasteiger partial charge in [0, 0.05) is 43.0 Å². The largest absolute Gasteiger partial charge is 0.508 e. The van der Waals surface area contributed by atoms with Crippen LogP contribution in [0.2, 0.25) is 0 Å². The maximum atomic E-state index is 13.6. The highest BCUT2D eigenvalue weighted by molar-refractivity contribution is 5.94. The summed E-state index contributed by atoms with van der Waals surface area (Å²) in [4.78, 5) is 22.9. The first-order valence-electron chi connectivity index (χ1n) is 13.4. The number of pyridine rings is 1. The summed E-state index contributed by atoms with van der Waals surface area (Å²) >= 11 is 0. The molecule has 5 heteroatoms. The van der Waals surface area contributed by atoms with Gasteiger partial charge in [-0.15, -0.1) is 0 Å². The fourth-order valence-electron chi connectivity index (χ4n) is 9.83. The van der Waals surface area contributed by atoms with Gasteiger partial charge in [-0.3, -0.25) is 14.7 Å². The number of rotatable bonds is 3. The molecule has 4 aliphatic carbocycles. The molecule has 1 aromatic carbocycles. The number of phenols is 1. The predicted molar refractivity (Wildman–Crippen MR) is 129 cm³/mol. The number of likely N-dealkylation sites (tertiary alicyclic amines) is 2. The van der Waals surface area contributed by atoms with Gasteiger partial charge in [-0.2, -0.15) is 0 Å². The highest BCUT2D eigenvalue weighted by atomic mass is 16.3. The van der Waals surface area contributed by atoms with E-state index in [-0.39, 0.29) is 11.3 Å². The number of aromatic nitrogens is 1. The van der Waals surface area contributed by atoms with Crippen molar-refractivity contribution in [3.8, 4) is 5.75 Å². The number of benzene rings is 1. The Morgan fingerprint density at radius 2 is 2.09 bits per heavy atom. The van der Waals surface area contributed by atoms with Crippen LogP contribution in [0.5, 0.6) is 5.75 Å². The number of piperidine rings is 1. The van der Waals surface area contributed by atoms with Gasteiger partial charge in [0.05, 0.1) is 5.56 Å². The molecule has 1 aromatic heterocycles. The molecule has 6 atom stereocenters. The molecule has 1 amide bonds. The second kappa shape index (κ2) is 6.63. The fraction of sp³-hybridized carbons (Fsp3) is 0.586. The van der Waals surface area contributed by atoms with Gasteiger partial charge in [0.1, 0.15) is 5.75 Å². The number of nitrogens with zero attached hydrogens (tertiary/aromatic N) is 3. The first kappa shape index (κ1) is 19.9. The molecule has 8 rings (SSSR count). The smallest absolute Gasteiger partial charge is 0.255 e. The Morgan fingerprint density at radius 1 is 1.18 bits per heavy atom. The molecule has 5 nitrogen and oxygen atoms in total. The molecular formula is C29H33N3O2. The number of phenolic OH excluding ortho intramolecular Hbond substituents is 1. The molecule has 3 heterocycles. The average molecular weight is 456 g/mol. The van der Waals surface area contributed by atoms with Crippen LogP contribution < -0.4 is 0 Å². The van der Waals surface area contributed by atoms with E-state index in [4.69, 9.17) is 0 Å². The summed E-state index contributed by atoms with van der Waals surface area (Å²) in [6, 6.07) is 10.9. The molecule has 0 unspecified atom stereocenters. The summed E-state index contributed by atoms with van der Waals surface area (Å²) in [7, 11) is 0. The molecular weight excluding hydrogens is 422 g/mol. The van der Waals surface area contributed by atoms with Gasteiger partial charge in [-0.05, 0) is 110 Å². The van der Waals surface area contributed by atoms with Crippen molar-refractivity contribution in [3.05, 3.63) is 59.4 Å². The zero-order valence-electron chi connectivity index (χ0n) is 19.7. The SMILES string of the molecule is O=C(c1cccnc1)N1C[C@H]2C[C@@]34CC[C@@H]1[C@@H]2[C@@]31CCN(CC2CC2)[C@@H]4Cc2ccc(O)cc21. The molecule has 0 radical (unpaired) electrons. The second-order valence-corrected chi connectivity index (χ2v) is 12.2. The zero-order valence-corrected chi connectivity index (χ0v) is 19.7.